The van der Waals surface area contributed by atoms with Crippen LogP contribution >= 0.6 is 23.2 Å². The van der Waals surface area contributed by atoms with E-state index >= 15 is 0 Å². The van der Waals surface area contributed by atoms with Crippen molar-refractivity contribution in [3.8, 4) is 0 Å². The smallest absolute Gasteiger partial charge is 0.232 e. The maximum Gasteiger partial charge on any atom is 0.232 e. The van der Waals surface area contributed by atoms with Crippen LogP contribution in [0.3, 0.4) is 0 Å². The van der Waals surface area contributed by atoms with Crippen molar-refractivity contribution >= 4 is 44.8 Å². The van der Waals surface area contributed by atoms with Gasteiger partial charge in [-0.05, 0) is 32.0 Å². The van der Waals surface area contributed by atoms with E-state index in [-0.39, 0.29) is 35.6 Å². The van der Waals surface area contributed by atoms with E-state index in [1.807, 2.05) is 13.8 Å². The molecule has 8 heteroatoms. The lowest BCUT2D eigenvalue weighted by molar-refractivity contribution is -0.121. The third-order valence-corrected chi connectivity index (χ3v) is 4.30. The molecular weight excluding hydrogens is 335 g/mol. The molecule has 5 nitrogen and oxygen atoms in total. The van der Waals surface area contributed by atoms with Gasteiger partial charge in [0.05, 0.1) is 17.0 Å². The first-order valence-corrected chi connectivity index (χ1v) is 8.94. The summed E-state index contributed by atoms with van der Waals surface area (Å²) in [5, 5.41) is 3.34. The molecule has 1 amide bonds. The second-order valence-electron chi connectivity index (χ2n) is 4.90. The Kier molecular flexibility index (Phi) is 6.31. The first-order chi connectivity index (χ1) is 9.61. The minimum absolute atomic E-state index is 0.000980. The first-order valence-electron chi connectivity index (χ1n) is 6.33. The van der Waals surface area contributed by atoms with Gasteiger partial charge in [-0.2, -0.15) is 0 Å². The summed E-state index contributed by atoms with van der Waals surface area (Å²) in [5.74, 6) is -0.225. The Bertz CT molecular complexity index is 618. The van der Waals surface area contributed by atoms with Crippen molar-refractivity contribution in [3.05, 3.63) is 28.2 Å². The maximum atomic E-state index is 11.9. The van der Waals surface area contributed by atoms with Crippen LogP contribution in [0.5, 0.6) is 0 Å². The Morgan fingerprint density at radius 3 is 2.48 bits per heavy atom. The van der Waals surface area contributed by atoms with Crippen LogP contribution in [0, 0.1) is 0 Å². The summed E-state index contributed by atoms with van der Waals surface area (Å²) < 4.78 is 24.9. The Balaban J connectivity index is 2.98. The molecule has 0 aromatic heterocycles. The average molecular weight is 353 g/mol. The number of nitrogens with zero attached hydrogens (tertiary/aromatic N) is 1. The number of amides is 1. The van der Waals surface area contributed by atoms with Gasteiger partial charge in [0.25, 0.3) is 0 Å². The zero-order chi connectivity index (χ0) is 16.2. The Morgan fingerprint density at radius 2 is 1.95 bits per heavy atom. The standard InChI is InChI=1S/C13H18Cl2N2O3S/c1-9(2)16-13(18)6-7-17(21(3,19)20)12-8-10(14)4-5-11(12)15/h4-5,8-9H,6-7H2,1-3H3,(H,16,18). The van der Waals surface area contributed by atoms with Crippen LogP contribution < -0.4 is 9.62 Å². The summed E-state index contributed by atoms with van der Waals surface area (Å²) in [5.41, 5.74) is 0.268. The number of sulfonamides is 1. The van der Waals surface area contributed by atoms with Crippen LogP contribution in [0.15, 0.2) is 18.2 Å². The summed E-state index contributed by atoms with van der Waals surface area (Å²) in [6.07, 6.45) is 1.10. The molecule has 1 aromatic rings. The van der Waals surface area contributed by atoms with E-state index < -0.39 is 10.0 Å². The largest absolute Gasteiger partial charge is 0.354 e. The highest BCUT2D eigenvalue weighted by molar-refractivity contribution is 7.92. The van der Waals surface area contributed by atoms with E-state index in [0.29, 0.717) is 5.02 Å². The van der Waals surface area contributed by atoms with Gasteiger partial charge in [-0.3, -0.25) is 9.10 Å². The monoisotopic (exact) mass is 352 g/mol. The summed E-state index contributed by atoms with van der Waals surface area (Å²) in [4.78, 5) is 11.7. The summed E-state index contributed by atoms with van der Waals surface area (Å²) in [6, 6.07) is 4.55. The van der Waals surface area contributed by atoms with E-state index in [1.54, 1.807) is 6.07 Å². The molecule has 21 heavy (non-hydrogen) atoms. The number of hydrogen-bond donors (Lipinski definition) is 1. The normalized spacial score (nSPS) is 11.5. The van der Waals surface area contributed by atoms with Crippen LogP contribution in [0.25, 0.3) is 0 Å². The van der Waals surface area contributed by atoms with Gasteiger partial charge in [0.1, 0.15) is 0 Å². The molecule has 0 fully saturated rings. The number of nitrogens with one attached hydrogen (secondary N) is 1. The van der Waals surface area contributed by atoms with E-state index in [0.717, 1.165) is 10.6 Å². The highest BCUT2D eigenvalue weighted by atomic mass is 35.5. The lowest BCUT2D eigenvalue weighted by atomic mass is 10.3. The van der Waals surface area contributed by atoms with E-state index in [1.165, 1.54) is 12.1 Å². The molecule has 0 atom stereocenters. The number of halogens is 2. The number of carbonyl (C=O) groups excluding carboxylic acids is 1. The SMILES string of the molecule is CC(C)NC(=O)CCN(c1cc(Cl)ccc1Cl)S(C)(=O)=O. The van der Waals surface area contributed by atoms with Gasteiger partial charge in [-0.15, -0.1) is 0 Å². The molecule has 0 aliphatic carbocycles. The highest BCUT2D eigenvalue weighted by Crippen LogP contribution is 2.30. The van der Waals surface area contributed by atoms with Crippen LogP contribution in [0.1, 0.15) is 20.3 Å². The lowest BCUT2D eigenvalue weighted by Gasteiger charge is -2.23. The van der Waals surface area contributed by atoms with Gasteiger partial charge in [0.2, 0.25) is 15.9 Å². The van der Waals surface area contributed by atoms with Crippen molar-refractivity contribution < 1.29 is 13.2 Å². The molecule has 0 spiro atoms. The van der Waals surface area contributed by atoms with E-state index in [9.17, 15) is 13.2 Å². The van der Waals surface area contributed by atoms with E-state index in [4.69, 9.17) is 23.2 Å². The van der Waals surface area contributed by atoms with Gasteiger partial charge in [-0.25, -0.2) is 8.42 Å². The maximum absolute atomic E-state index is 11.9. The molecule has 0 unspecified atom stereocenters. The number of anilines is 1. The quantitative estimate of drug-likeness (QED) is 0.855. The van der Waals surface area contributed by atoms with Gasteiger partial charge in [0, 0.05) is 24.0 Å². The van der Waals surface area contributed by atoms with Crippen LogP contribution in [-0.4, -0.2) is 33.2 Å². The van der Waals surface area contributed by atoms with Gasteiger partial charge in [0.15, 0.2) is 0 Å². The minimum atomic E-state index is -3.57. The van der Waals surface area contributed by atoms with Crippen LogP contribution in [-0.2, 0) is 14.8 Å². The predicted octanol–water partition coefficient (Wildman–Crippen LogP) is 2.67. The number of hydrogen-bond acceptors (Lipinski definition) is 3. The van der Waals surface area contributed by atoms with Crippen molar-refractivity contribution in [2.75, 3.05) is 17.1 Å². The number of rotatable bonds is 6. The van der Waals surface area contributed by atoms with Crippen molar-refractivity contribution in [2.24, 2.45) is 0 Å². The molecule has 1 aromatic carbocycles. The Hall–Kier alpha value is -0.980. The number of carbonyl (C=O) groups is 1. The van der Waals surface area contributed by atoms with Crippen molar-refractivity contribution in [2.45, 2.75) is 26.3 Å². The number of benzene rings is 1. The molecule has 0 radical (unpaired) electrons. The highest BCUT2D eigenvalue weighted by Gasteiger charge is 2.21. The molecule has 1 rings (SSSR count). The molecule has 1 N–H and O–H groups in total. The van der Waals surface area contributed by atoms with E-state index in [2.05, 4.69) is 5.32 Å². The third-order valence-electron chi connectivity index (χ3n) is 2.57. The Labute approximate surface area is 135 Å². The zero-order valence-corrected chi connectivity index (χ0v) is 14.4. The van der Waals surface area contributed by atoms with Crippen LogP contribution in [0.2, 0.25) is 10.0 Å². The van der Waals surface area contributed by atoms with Gasteiger partial charge < -0.3 is 5.32 Å². The fraction of sp³-hybridized carbons (Fsp3) is 0.462. The minimum Gasteiger partial charge on any atom is -0.354 e. The third kappa shape index (κ3) is 5.73. The topological polar surface area (TPSA) is 66.5 Å². The molecule has 0 saturated heterocycles. The van der Waals surface area contributed by atoms with Gasteiger partial charge in [-0.1, -0.05) is 23.2 Å². The second-order valence-corrected chi connectivity index (χ2v) is 7.65. The predicted molar refractivity (Wildman–Crippen MR) is 86.5 cm³/mol. The molecular formula is C13H18Cl2N2O3S. The molecule has 0 heterocycles. The molecule has 118 valence electrons. The molecule has 0 aliphatic heterocycles. The fourth-order valence-electron chi connectivity index (χ4n) is 1.74. The lowest BCUT2D eigenvalue weighted by Crippen LogP contribution is -2.36. The summed E-state index contributed by atoms with van der Waals surface area (Å²) in [7, 11) is -3.57. The molecule has 0 bridgehead atoms. The molecule has 0 saturated carbocycles. The van der Waals surface area contributed by atoms with Crippen LogP contribution in [0.4, 0.5) is 5.69 Å². The second kappa shape index (κ2) is 7.33. The van der Waals surface area contributed by atoms with Gasteiger partial charge >= 0.3 is 0 Å². The fourth-order valence-corrected chi connectivity index (χ4v) is 3.11. The van der Waals surface area contributed by atoms with Crippen molar-refractivity contribution in [1.82, 2.24) is 5.32 Å². The zero-order valence-electron chi connectivity index (χ0n) is 12.1. The average Bonchev–Trinajstić information content (AvgIpc) is 2.31. The molecule has 0 aliphatic rings. The van der Waals surface area contributed by atoms with Crippen molar-refractivity contribution in [1.29, 1.82) is 0 Å². The first kappa shape index (κ1) is 18.1. The van der Waals surface area contributed by atoms with Crippen molar-refractivity contribution in [3.63, 3.8) is 0 Å². The summed E-state index contributed by atoms with van der Waals surface area (Å²) in [6.45, 7) is 3.66. The Morgan fingerprint density at radius 1 is 1.33 bits per heavy atom. The summed E-state index contributed by atoms with van der Waals surface area (Å²) >= 11 is 11.9.